The van der Waals surface area contributed by atoms with Crippen LogP contribution in [0.4, 0.5) is 11.6 Å². The third-order valence-corrected chi connectivity index (χ3v) is 7.80. The molecular formula is C29H30N6O9. The summed E-state index contributed by atoms with van der Waals surface area (Å²) in [6, 6.07) is 9.12. The lowest BCUT2D eigenvalue weighted by Crippen LogP contribution is -2.32. The Kier molecular flexibility index (Phi) is 7.44. The number of hydrogen-bond donors (Lipinski definition) is 7. The Hall–Kier alpha value is -4.99. The Balaban J connectivity index is 1.57. The van der Waals surface area contributed by atoms with Gasteiger partial charge in [0.25, 0.3) is 5.56 Å². The number of aromatic amines is 1. The van der Waals surface area contributed by atoms with Crippen molar-refractivity contribution < 1.29 is 39.5 Å². The molecule has 0 radical (unpaired) electrons. The number of carbonyl (C=O) groups excluding carboxylic acids is 1. The van der Waals surface area contributed by atoms with Crippen molar-refractivity contribution >= 4 is 34.7 Å². The van der Waals surface area contributed by atoms with Crippen molar-refractivity contribution in [2.24, 2.45) is 0 Å². The number of aliphatic hydroxyl groups is 2. The number of rotatable bonds is 8. The van der Waals surface area contributed by atoms with Crippen molar-refractivity contribution in [1.29, 1.82) is 0 Å². The third-order valence-electron chi connectivity index (χ3n) is 7.80. The number of aliphatic hydroxyl groups excluding tert-OH is 2. The summed E-state index contributed by atoms with van der Waals surface area (Å²) in [4.78, 5) is 49.6. The molecule has 1 fully saturated rings. The summed E-state index contributed by atoms with van der Waals surface area (Å²) in [5.74, 6) is -2.66. The third kappa shape index (κ3) is 5.10. The first-order chi connectivity index (χ1) is 21.0. The van der Waals surface area contributed by atoms with E-state index in [1.807, 2.05) is 0 Å². The Labute approximate surface area is 248 Å². The number of cyclic esters (lactones) is 1. The second-order valence-electron chi connectivity index (χ2n) is 10.9. The molecule has 15 nitrogen and oxygen atoms in total. The number of aliphatic carboxylic acids is 1. The number of nitrogen functional groups attached to an aromatic ring is 1. The summed E-state index contributed by atoms with van der Waals surface area (Å²) in [6.07, 6.45) is -3.33. The van der Waals surface area contributed by atoms with E-state index in [0.29, 0.717) is 5.56 Å². The molecule has 2 aromatic carbocycles. The lowest BCUT2D eigenvalue weighted by Gasteiger charge is -2.27. The lowest BCUT2D eigenvalue weighted by molar-refractivity contribution is -0.137. The molecule has 2 aliphatic heterocycles. The molecule has 5 atom stereocenters. The van der Waals surface area contributed by atoms with E-state index in [2.05, 4.69) is 20.3 Å². The quantitative estimate of drug-likeness (QED) is 0.109. The second kappa shape index (κ2) is 11.3. The van der Waals surface area contributed by atoms with Crippen LogP contribution in [-0.2, 0) is 27.1 Å². The fourth-order valence-electron chi connectivity index (χ4n) is 5.76. The monoisotopic (exact) mass is 606 g/mol. The Morgan fingerprint density at radius 2 is 2.00 bits per heavy atom. The zero-order chi connectivity index (χ0) is 31.3. The van der Waals surface area contributed by atoms with Crippen LogP contribution in [0.15, 0.2) is 41.2 Å². The molecule has 0 aliphatic carbocycles. The van der Waals surface area contributed by atoms with Crippen molar-refractivity contribution in [1.82, 2.24) is 19.5 Å². The molecule has 0 amide bonds. The number of imidazole rings is 1. The van der Waals surface area contributed by atoms with E-state index in [0.717, 1.165) is 5.56 Å². The molecule has 6 rings (SSSR count). The van der Waals surface area contributed by atoms with Crippen LogP contribution in [-0.4, -0.2) is 82.8 Å². The van der Waals surface area contributed by atoms with Gasteiger partial charge < -0.3 is 41.0 Å². The zero-order valence-electron chi connectivity index (χ0n) is 23.4. The molecule has 230 valence electrons. The number of carboxylic acids is 1. The van der Waals surface area contributed by atoms with Gasteiger partial charge in [-0.15, -0.1) is 0 Å². The number of ether oxygens (including phenoxy) is 2. The van der Waals surface area contributed by atoms with Crippen LogP contribution < -0.4 is 16.6 Å². The first kappa shape index (κ1) is 29.1. The van der Waals surface area contributed by atoms with Gasteiger partial charge in [-0.25, -0.2) is 14.6 Å². The van der Waals surface area contributed by atoms with Gasteiger partial charge in [-0.1, -0.05) is 30.3 Å². The van der Waals surface area contributed by atoms with E-state index >= 15 is 0 Å². The molecule has 8 N–H and O–H groups in total. The summed E-state index contributed by atoms with van der Waals surface area (Å²) < 4.78 is 12.8. The number of phenols is 1. The first-order valence-corrected chi connectivity index (χ1v) is 13.9. The summed E-state index contributed by atoms with van der Waals surface area (Å²) in [7, 11) is 0. The van der Waals surface area contributed by atoms with Crippen LogP contribution in [0.5, 0.6) is 5.75 Å². The van der Waals surface area contributed by atoms with Crippen molar-refractivity contribution in [3.63, 3.8) is 0 Å². The minimum atomic E-state index is -1.21. The SMILES string of the molecule is C[C@@H]1Cc2c(-c3nc4c(=O)[nH]c(N)nc4n3[C@H]3C[C@H](O)[C@@H](CO)O3)cc(N[C@@H](Cc3ccccc3)C(=O)O)c(O)c2C(=O)O1. The van der Waals surface area contributed by atoms with Gasteiger partial charge in [-0.2, -0.15) is 4.98 Å². The first-order valence-electron chi connectivity index (χ1n) is 13.9. The number of phenolic OH excluding ortho intramolecular Hbond substituents is 1. The van der Waals surface area contributed by atoms with Crippen LogP contribution >= 0.6 is 0 Å². The van der Waals surface area contributed by atoms with Crippen LogP contribution in [0.25, 0.3) is 22.6 Å². The number of anilines is 2. The highest BCUT2D eigenvalue weighted by Crippen LogP contribution is 2.44. The summed E-state index contributed by atoms with van der Waals surface area (Å²) in [5.41, 5.74) is 6.15. The summed E-state index contributed by atoms with van der Waals surface area (Å²) >= 11 is 0. The molecule has 0 spiro atoms. The number of nitrogens with zero attached hydrogens (tertiary/aromatic N) is 3. The van der Waals surface area contributed by atoms with E-state index in [1.54, 1.807) is 37.3 Å². The number of aromatic nitrogens is 4. The number of H-pyrrole nitrogens is 1. The van der Waals surface area contributed by atoms with Crippen molar-refractivity contribution in [3.8, 4) is 17.1 Å². The number of carbonyl (C=O) groups is 2. The maximum atomic E-state index is 13.2. The van der Waals surface area contributed by atoms with Gasteiger partial charge in [-0.3, -0.25) is 14.3 Å². The second-order valence-corrected chi connectivity index (χ2v) is 10.9. The van der Waals surface area contributed by atoms with Crippen molar-refractivity contribution in [3.05, 3.63) is 63.4 Å². The number of fused-ring (bicyclic) bond motifs is 2. The molecule has 0 unspecified atom stereocenters. The Morgan fingerprint density at radius 1 is 1.25 bits per heavy atom. The van der Waals surface area contributed by atoms with E-state index in [-0.39, 0.29) is 59.0 Å². The van der Waals surface area contributed by atoms with Gasteiger partial charge >= 0.3 is 11.9 Å². The lowest BCUT2D eigenvalue weighted by atomic mass is 9.91. The average molecular weight is 607 g/mol. The normalized spacial score (nSPS) is 22.0. The Morgan fingerprint density at radius 3 is 2.68 bits per heavy atom. The summed E-state index contributed by atoms with van der Waals surface area (Å²) in [5, 5.41) is 44.4. The fourth-order valence-corrected chi connectivity index (χ4v) is 5.76. The highest BCUT2D eigenvalue weighted by Gasteiger charge is 2.39. The molecule has 15 heteroatoms. The highest BCUT2D eigenvalue weighted by molar-refractivity contribution is 6.00. The number of nitrogens with two attached hydrogens (primary N) is 1. The van der Waals surface area contributed by atoms with Gasteiger partial charge in [-0.05, 0) is 24.1 Å². The molecule has 2 aromatic heterocycles. The van der Waals surface area contributed by atoms with Crippen LogP contribution in [0, 0.1) is 0 Å². The van der Waals surface area contributed by atoms with Crippen LogP contribution in [0.3, 0.4) is 0 Å². The van der Waals surface area contributed by atoms with Crippen molar-refractivity contribution in [2.45, 2.75) is 56.8 Å². The summed E-state index contributed by atoms with van der Waals surface area (Å²) in [6.45, 7) is 1.20. The highest BCUT2D eigenvalue weighted by atomic mass is 16.5. The molecular weight excluding hydrogens is 576 g/mol. The number of benzene rings is 2. The number of hydrogen-bond acceptors (Lipinski definition) is 12. The predicted molar refractivity (Wildman–Crippen MR) is 155 cm³/mol. The molecule has 0 saturated carbocycles. The number of esters is 1. The van der Waals surface area contributed by atoms with E-state index in [9.17, 15) is 34.8 Å². The zero-order valence-corrected chi connectivity index (χ0v) is 23.4. The van der Waals surface area contributed by atoms with E-state index < -0.39 is 60.4 Å². The minimum absolute atomic E-state index is 0.0000596. The molecule has 4 aromatic rings. The van der Waals surface area contributed by atoms with Gasteiger partial charge in [0.05, 0.1) is 18.4 Å². The van der Waals surface area contributed by atoms with Gasteiger partial charge in [0.2, 0.25) is 5.95 Å². The molecule has 2 aliphatic rings. The maximum absolute atomic E-state index is 13.2. The number of nitrogens with one attached hydrogen (secondary N) is 2. The average Bonchev–Trinajstić information content (AvgIpc) is 3.54. The largest absolute Gasteiger partial charge is 0.505 e. The predicted octanol–water partition coefficient (Wildman–Crippen LogP) is 0.924. The van der Waals surface area contributed by atoms with Gasteiger partial charge in [0, 0.05) is 24.8 Å². The smallest absolute Gasteiger partial charge is 0.342 e. The number of carboxylic acid groups (broad SMARTS) is 1. The van der Waals surface area contributed by atoms with E-state index in [1.165, 1.54) is 10.6 Å². The Bertz CT molecular complexity index is 1820. The van der Waals surface area contributed by atoms with Gasteiger partial charge in [0.15, 0.2) is 16.9 Å². The molecule has 44 heavy (non-hydrogen) atoms. The van der Waals surface area contributed by atoms with E-state index in [4.69, 9.17) is 15.2 Å². The van der Waals surface area contributed by atoms with Crippen molar-refractivity contribution in [2.75, 3.05) is 17.7 Å². The van der Waals surface area contributed by atoms with Gasteiger partial charge in [0.1, 0.15) is 35.9 Å². The number of aromatic hydroxyl groups is 1. The molecule has 4 heterocycles. The van der Waals surface area contributed by atoms with Crippen LogP contribution in [0.1, 0.15) is 41.1 Å². The minimum Gasteiger partial charge on any atom is -0.505 e. The topological polar surface area (TPSA) is 235 Å². The molecule has 0 bridgehead atoms. The maximum Gasteiger partial charge on any atom is 0.342 e. The van der Waals surface area contributed by atoms with Crippen LogP contribution in [0.2, 0.25) is 0 Å². The molecule has 1 saturated heterocycles. The standard InChI is InChI=1S/C29H30N6O9/c1-12-7-14-15(24-32-22-25(33-29(30)34-26(22)39)35(24)20-10-18(37)19(11-36)44-20)9-16(23(38)21(14)28(42)43-12)31-17(27(40)41)8-13-5-3-2-4-6-13/h2-6,9,12,17-20,31,36-38H,7-8,10-11H2,1H3,(H,40,41)(H3,30,33,34,39)/t12-,17+,18+,19-,20-/m1/s1. The fraction of sp³-hybridized carbons (Fsp3) is 0.345.